The minimum atomic E-state index is 0.613. The van der Waals surface area contributed by atoms with Crippen molar-refractivity contribution in [1.82, 2.24) is 0 Å². The first-order valence-corrected chi connectivity index (χ1v) is 7.49. The Hall–Kier alpha value is -0.980. The average molecular weight is 245 g/mol. The Morgan fingerprint density at radius 3 is 2.56 bits per heavy atom. The summed E-state index contributed by atoms with van der Waals surface area (Å²) in [6.07, 6.45) is 5.63. The molecule has 0 spiro atoms. The van der Waals surface area contributed by atoms with Gasteiger partial charge in [0.25, 0.3) is 0 Å². The lowest BCUT2D eigenvalue weighted by Gasteiger charge is -2.26. The van der Waals surface area contributed by atoms with Gasteiger partial charge >= 0.3 is 0 Å². The third-order valence-corrected chi connectivity index (χ3v) is 4.28. The Morgan fingerprint density at radius 2 is 1.89 bits per heavy atom. The Morgan fingerprint density at radius 1 is 1.17 bits per heavy atom. The SMILES string of the molecule is CC1CCC(CNc2cccc(C(C)C)c2)CC1. The van der Waals surface area contributed by atoms with Gasteiger partial charge in [-0.15, -0.1) is 0 Å². The highest BCUT2D eigenvalue weighted by Gasteiger charge is 2.17. The molecule has 0 amide bonds. The molecule has 1 N–H and O–H groups in total. The maximum Gasteiger partial charge on any atom is 0.0343 e. The van der Waals surface area contributed by atoms with Crippen LogP contribution in [0.1, 0.15) is 57.9 Å². The average Bonchev–Trinajstić information content (AvgIpc) is 2.38. The van der Waals surface area contributed by atoms with E-state index >= 15 is 0 Å². The lowest BCUT2D eigenvalue weighted by Crippen LogP contribution is -2.20. The summed E-state index contributed by atoms with van der Waals surface area (Å²) >= 11 is 0. The van der Waals surface area contributed by atoms with E-state index < -0.39 is 0 Å². The van der Waals surface area contributed by atoms with Crippen LogP contribution < -0.4 is 5.32 Å². The molecule has 18 heavy (non-hydrogen) atoms. The third-order valence-electron chi connectivity index (χ3n) is 4.28. The molecule has 1 aromatic carbocycles. The molecule has 0 aliphatic heterocycles. The van der Waals surface area contributed by atoms with E-state index in [2.05, 4.69) is 50.4 Å². The van der Waals surface area contributed by atoms with E-state index in [9.17, 15) is 0 Å². The first-order chi connectivity index (χ1) is 8.65. The molecular formula is C17H27N. The Balaban J connectivity index is 1.84. The van der Waals surface area contributed by atoms with Crippen molar-refractivity contribution in [3.8, 4) is 0 Å². The van der Waals surface area contributed by atoms with Crippen molar-refractivity contribution in [3.05, 3.63) is 29.8 Å². The summed E-state index contributed by atoms with van der Waals surface area (Å²) in [4.78, 5) is 0. The van der Waals surface area contributed by atoms with Crippen molar-refractivity contribution < 1.29 is 0 Å². The minimum absolute atomic E-state index is 0.613. The molecule has 0 heterocycles. The number of nitrogens with one attached hydrogen (secondary N) is 1. The van der Waals surface area contributed by atoms with Gasteiger partial charge in [-0.1, -0.05) is 45.7 Å². The fourth-order valence-electron chi connectivity index (χ4n) is 2.80. The molecule has 0 radical (unpaired) electrons. The van der Waals surface area contributed by atoms with Crippen molar-refractivity contribution >= 4 is 5.69 Å². The largest absolute Gasteiger partial charge is 0.385 e. The van der Waals surface area contributed by atoms with Crippen LogP contribution in [0.4, 0.5) is 5.69 Å². The van der Waals surface area contributed by atoms with Crippen molar-refractivity contribution in [2.24, 2.45) is 11.8 Å². The van der Waals surface area contributed by atoms with Gasteiger partial charge in [-0.2, -0.15) is 0 Å². The topological polar surface area (TPSA) is 12.0 Å². The molecule has 0 unspecified atom stereocenters. The van der Waals surface area contributed by atoms with Crippen molar-refractivity contribution in [1.29, 1.82) is 0 Å². The van der Waals surface area contributed by atoms with Gasteiger partial charge in [-0.3, -0.25) is 0 Å². The van der Waals surface area contributed by atoms with E-state index in [-0.39, 0.29) is 0 Å². The highest BCUT2D eigenvalue weighted by atomic mass is 14.9. The zero-order valence-corrected chi connectivity index (χ0v) is 12.1. The van der Waals surface area contributed by atoms with E-state index in [4.69, 9.17) is 0 Å². The van der Waals surface area contributed by atoms with Gasteiger partial charge in [0.05, 0.1) is 0 Å². The van der Waals surface area contributed by atoms with Gasteiger partial charge in [-0.05, 0) is 48.3 Å². The number of hydrogen-bond donors (Lipinski definition) is 1. The second-order valence-electron chi connectivity index (χ2n) is 6.29. The molecule has 2 rings (SSSR count). The second kappa shape index (κ2) is 6.26. The highest BCUT2D eigenvalue weighted by molar-refractivity contribution is 5.46. The molecule has 1 fully saturated rings. The zero-order valence-electron chi connectivity index (χ0n) is 12.1. The van der Waals surface area contributed by atoms with Gasteiger partial charge in [0.1, 0.15) is 0 Å². The molecule has 0 aromatic heterocycles. The summed E-state index contributed by atoms with van der Waals surface area (Å²) in [5.74, 6) is 2.44. The molecule has 100 valence electrons. The Labute approximate surface area is 112 Å². The first-order valence-electron chi connectivity index (χ1n) is 7.49. The van der Waals surface area contributed by atoms with Crippen LogP contribution in [-0.2, 0) is 0 Å². The van der Waals surface area contributed by atoms with Gasteiger partial charge in [0, 0.05) is 12.2 Å². The molecular weight excluding hydrogens is 218 g/mol. The van der Waals surface area contributed by atoms with Crippen molar-refractivity contribution in [2.75, 3.05) is 11.9 Å². The minimum Gasteiger partial charge on any atom is -0.385 e. The number of rotatable bonds is 4. The smallest absolute Gasteiger partial charge is 0.0343 e. The molecule has 1 nitrogen and oxygen atoms in total. The molecule has 1 saturated carbocycles. The van der Waals surface area contributed by atoms with Crippen LogP contribution in [-0.4, -0.2) is 6.54 Å². The summed E-state index contributed by atoms with van der Waals surface area (Å²) in [6, 6.07) is 8.88. The zero-order chi connectivity index (χ0) is 13.0. The summed E-state index contributed by atoms with van der Waals surface area (Å²) in [5, 5.41) is 3.62. The monoisotopic (exact) mass is 245 g/mol. The number of anilines is 1. The highest BCUT2D eigenvalue weighted by Crippen LogP contribution is 2.28. The van der Waals surface area contributed by atoms with Crippen molar-refractivity contribution in [3.63, 3.8) is 0 Å². The van der Waals surface area contributed by atoms with E-state index in [0.29, 0.717) is 5.92 Å². The lowest BCUT2D eigenvalue weighted by molar-refractivity contribution is 0.300. The predicted octanol–water partition coefficient (Wildman–Crippen LogP) is 5.05. The van der Waals surface area contributed by atoms with Crippen LogP contribution in [0.5, 0.6) is 0 Å². The van der Waals surface area contributed by atoms with Crippen LogP contribution in [0.25, 0.3) is 0 Å². The Kier molecular flexibility index (Phi) is 4.68. The maximum atomic E-state index is 3.62. The number of hydrogen-bond acceptors (Lipinski definition) is 1. The first kappa shape index (κ1) is 13.5. The van der Waals surface area contributed by atoms with E-state index in [0.717, 1.165) is 18.4 Å². The molecule has 1 heteroatoms. The van der Waals surface area contributed by atoms with Gasteiger partial charge in [-0.25, -0.2) is 0 Å². The number of benzene rings is 1. The van der Waals surface area contributed by atoms with E-state index in [1.54, 1.807) is 0 Å². The van der Waals surface area contributed by atoms with E-state index in [1.165, 1.54) is 36.9 Å². The standard InChI is InChI=1S/C17H27N/c1-13(2)16-5-4-6-17(11-16)18-12-15-9-7-14(3)8-10-15/h4-6,11,13-15,18H,7-10,12H2,1-3H3. The fraction of sp³-hybridized carbons (Fsp3) is 0.647. The lowest BCUT2D eigenvalue weighted by atomic mass is 9.83. The molecule has 1 aliphatic carbocycles. The third kappa shape index (κ3) is 3.76. The molecule has 0 bridgehead atoms. The molecule has 0 atom stereocenters. The summed E-state index contributed by atoms with van der Waals surface area (Å²) < 4.78 is 0. The van der Waals surface area contributed by atoms with Crippen LogP contribution in [0.15, 0.2) is 24.3 Å². The van der Waals surface area contributed by atoms with Crippen LogP contribution in [0.2, 0.25) is 0 Å². The molecule has 0 saturated heterocycles. The quantitative estimate of drug-likeness (QED) is 0.783. The van der Waals surface area contributed by atoms with E-state index in [1.807, 2.05) is 0 Å². The van der Waals surface area contributed by atoms with Gasteiger partial charge in [0.15, 0.2) is 0 Å². The fourth-order valence-corrected chi connectivity index (χ4v) is 2.80. The predicted molar refractivity (Wildman–Crippen MR) is 80.1 cm³/mol. The van der Waals surface area contributed by atoms with Crippen LogP contribution in [0, 0.1) is 11.8 Å². The van der Waals surface area contributed by atoms with Crippen LogP contribution >= 0.6 is 0 Å². The summed E-state index contributed by atoms with van der Waals surface area (Å²) in [6.45, 7) is 8.04. The van der Waals surface area contributed by atoms with Gasteiger partial charge < -0.3 is 5.32 Å². The molecule has 1 aliphatic rings. The van der Waals surface area contributed by atoms with Gasteiger partial charge in [0.2, 0.25) is 0 Å². The summed E-state index contributed by atoms with van der Waals surface area (Å²) in [7, 11) is 0. The maximum absolute atomic E-state index is 3.62. The molecule has 1 aromatic rings. The van der Waals surface area contributed by atoms with Crippen molar-refractivity contribution in [2.45, 2.75) is 52.4 Å². The summed E-state index contributed by atoms with van der Waals surface area (Å²) in [5.41, 5.74) is 2.72. The second-order valence-corrected chi connectivity index (χ2v) is 6.29. The Bertz CT molecular complexity index is 362. The van der Waals surface area contributed by atoms with Crippen LogP contribution in [0.3, 0.4) is 0 Å². The normalized spacial score (nSPS) is 24.2.